The number of methoxy groups -OCH3 is 1. The lowest BCUT2D eigenvalue weighted by Crippen LogP contribution is -2.43. The van der Waals surface area contributed by atoms with Gasteiger partial charge in [-0.3, -0.25) is 0 Å². The highest BCUT2D eigenvalue weighted by molar-refractivity contribution is 7.80. The Morgan fingerprint density at radius 2 is 2.36 bits per heavy atom. The van der Waals surface area contributed by atoms with E-state index in [1.165, 1.54) is 7.11 Å². The molecule has 0 amide bonds. The fourth-order valence-electron chi connectivity index (χ4n) is 0.642. The smallest absolute Gasteiger partial charge is 0.328 e. The van der Waals surface area contributed by atoms with Crippen molar-refractivity contribution in [1.82, 2.24) is 5.32 Å². The standard InChI is InChI=1S/C6H12N2O2S/c1-3-4(5(9)10-2)8-6(7)11/h4H,3H2,1-2H3,(H3,7,8,11). The molecular formula is C6H12N2O2S. The van der Waals surface area contributed by atoms with Gasteiger partial charge in [0.05, 0.1) is 7.11 Å². The van der Waals surface area contributed by atoms with Gasteiger partial charge in [-0.25, -0.2) is 4.79 Å². The van der Waals surface area contributed by atoms with Crippen molar-refractivity contribution < 1.29 is 9.53 Å². The predicted octanol–water partition coefficient (Wildman–Crippen LogP) is -0.229. The lowest BCUT2D eigenvalue weighted by atomic mass is 10.2. The van der Waals surface area contributed by atoms with Gasteiger partial charge in [-0.2, -0.15) is 0 Å². The lowest BCUT2D eigenvalue weighted by Gasteiger charge is -2.13. The molecule has 1 unspecified atom stereocenters. The number of rotatable bonds is 3. The van der Waals surface area contributed by atoms with Crippen molar-refractivity contribution >= 4 is 23.3 Å². The number of hydrogen-bond donors (Lipinski definition) is 2. The van der Waals surface area contributed by atoms with E-state index in [9.17, 15) is 4.79 Å². The molecule has 0 aliphatic heterocycles. The summed E-state index contributed by atoms with van der Waals surface area (Å²) < 4.78 is 4.49. The molecule has 0 spiro atoms. The molecule has 0 aromatic rings. The fourth-order valence-corrected chi connectivity index (χ4v) is 0.784. The van der Waals surface area contributed by atoms with Crippen LogP contribution < -0.4 is 11.1 Å². The van der Waals surface area contributed by atoms with E-state index >= 15 is 0 Å². The highest BCUT2D eigenvalue weighted by Crippen LogP contribution is 1.92. The molecule has 0 heterocycles. The zero-order valence-electron chi connectivity index (χ0n) is 6.59. The molecule has 0 radical (unpaired) electrons. The summed E-state index contributed by atoms with van der Waals surface area (Å²) in [5.74, 6) is -0.347. The highest BCUT2D eigenvalue weighted by Gasteiger charge is 2.15. The van der Waals surface area contributed by atoms with Gasteiger partial charge in [-0.1, -0.05) is 6.92 Å². The van der Waals surface area contributed by atoms with Crippen LogP contribution >= 0.6 is 12.2 Å². The van der Waals surface area contributed by atoms with Gasteiger partial charge < -0.3 is 15.8 Å². The van der Waals surface area contributed by atoms with Gasteiger partial charge in [0.15, 0.2) is 5.11 Å². The van der Waals surface area contributed by atoms with Gasteiger partial charge in [0.1, 0.15) is 6.04 Å². The van der Waals surface area contributed by atoms with Crippen LogP contribution in [-0.2, 0) is 9.53 Å². The molecule has 0 saturated carbocycles. The van der Waals surface area contributed by atoms with E-state index in [2.05, 4.69) is 22.3 Å². The molecule has 3 N–H and O–H groups in total. The molecule has 0 aromatic carbocycles. The summed E-state index contributed by atoms with van der Waals surface area (Å²) >= 11 is 4.56. The van der Waals surface area contributed by atoms with Crippen molar-refractivity contribution in [2.45, 2.75) is 19.4 Å². The van der Waals surface area contributed by atoms with Crippen molar-refractivity contribution in [2.24, 2.45) is 5.73 Å². The van der Waals surface area contributed by atoms with E-state index in [0.717, 1.165) is 0 Å². The van der Waals surface area contributed by atoms with E-state index < -0.39 is 6.04 Å². The van der Waals surface area contributed by atoms with Crippen molar-refractivity contribution in [3.05, 3.63) is 0 Å². The minimum absolute atomic E-state index is 0.113. The molecular weight excluding hydrogens is 164 g/mol. The van der Waals surface area contributed by atoms with Crippen molar-refractivity contribution in [1.29, 1.82) is 0 Å². The Kier molecular flexibility index (Phi) is 4.52. The second-order valence-corrected chi connectivity index (χ2v) is 2.43. The van der Waals surface area contributed by atoms with Gasteiger partial charge in [0, 0.05) is 0 Å². The van der Waals surface area contributed by atoms with Crippen molar-refractivity contribution in [2.75, 3.05) is 7.11 Å². The lowest BCUT2D eigenvalue weighted by molar-refractivity contribution is -0.142. The first kappa shape index (κ1) is 10.2. The maximum Gasteiger partial charge on any atom is 0.328 e. The summed E-state index contributed by atoms with van der Waals surface area (Å²) in [6.45, 7) is 1.84. The number of ether oxygens (including phenoxy) is 1. The van der Waals surface area contributed by atoms with Crippen LogP contribution in [0.5, 0.6) is 0 Å². The first-order valence-electron chi connectivity index (χ1n) is 3.25. The molecule has 0 bridgehead atoms. The molecule has 0 aliphatic rings. The molecule has 1 atom stereocenters. The maximum absolute atomic E-state index is 10.9. The topological polar surface area (TPSA) is 64.3 Å². The third-order valence-electron chi connectivity index (χ3n) is 1.21. The monoisotopic (exact) mass is 176 g/mol. The van der Waals surface area contributed by atoms with Crippen LogP contribution in [-0.4, -0.2) is 24.2 Å². The highest BCUT2D eigenvalue weighted by atomic mass is 32.1. The Hall–Kier alpha value is -0.840. The van der Waals surface area contributed by atoms with Crippen LogP contribution in [0, 0.1) is 0 Å². The predicted molar refractivity (Wildman–Crippen MR) is 46.0 cm³/mol. The summed E-state index contributed by atoms with van der Waals surface area (Å²) in [4.78, 5) is 10.9. The zero-order valence-corrected chi connectivity index (χ0v) is 7.40. The molecule has 0 rings (SSSR count). The summed E-state index contributed by atoms with van der Waals surface area (Å²) in [7, 11) is 1.33. The van der Waals surface area contributed by atoms with Crippen molar-refractivity contribution in [3.63, 3.8) is 0 Å². The van der Waals surface area contributed by atoms with Crippen molar-refractivity contribution in [3.8, 4) is 0 Å². The Morgan fingerprint density at radius 3 is 2.64 bits per heavy atom. The van der Waals surface area contributed by atoms with Gasteiger partial charge in [0.25, 0.3) is 0 Å². The molecule has 5 heteroatoms. The fraction of sp³-hybridized carbons (Fsp3) is 0.667. The Balaban J connectivity index is 3.94. The Morgan fingerprint density at radius 1 is 1.82 bits per heavy atom. The number of nitrogens with one attached hydrogen (secondary N) is 1. The van der Waals surface area contributed by atoms with Gasteiger partial charge >= 0.3 is 5.97 Å². The number of thiocarbonyl (C=S) groups is 1. The van der Waals surface area contributed by atoms with Crippen LogP contribution in [0.15, 0.2) is 0 Å². The first-order valence-corrected chi connectivity index (χ1v) is 3.66. The average molecular weight is 176 g/mol. The second kappa shape index (κ2) is 4.90. The summed E-state index contributed by atoms with van der Waals surface area (Å²) in [6.07, 6.45) is 0.601. The second-order valence-electron chi connectivity index (χ2n) is 1.99. The Labute approximate surface area is 71.1 Å². The van der Waals surface area contributed by atoms with Crippen LogP contribution in [0.4, 0.5) is 0 Å². The minimum atomic E-state index is -0.419. The van der Waals surface area contributed by atoms with Crippen LogP contribution in [0.2, 0.25) is 0 Å². The van der Waals surface area contributed by atoms with Gasteiger partial charge in [-0.05, 0) is 18.6 Å². The van der Waals surface area contributed by atoms with E-state index in [4.69, 9.17) is 5.73 Å². The van der Waals surface area contributed by atoms with E-state index in [0.29, 0.717) is 6.42 Å². The largest absolute Gasteiger partial charge is 0.467 e. The third kappa shape index (κ3) is 3.77. The van der Waals surface area contributed by atoms with E-state index in [1.807, 2.05) is 6.92 Å². The van der Waals surface area contributed by atoms with Crippen LogP contribution in [0.3, 0.4) is 0 Å². The number of carbonyl (C=O) groups excluding carboxylic acids is 1. The maximum atomic E-state index is 10.9. The molecule has 0 aromatic heterocycles. The Bertz CT molecular complexity index is 161. The third-order valence-corrected chi connectivity index (χ3v) is 1.33. The number of carbonyl (C=O) groups is 1. The van der Waals surface area contributed by atoms with E-state index in [-0.39, 0.29) is 11.1 Å². The van der Waals surface area contributed by atoms with Gasteiger partial charge in [0.2, 0.25) is 0 Å². The van der Waals surface area contributed by atoms with E-state index in [1.54, 1.807) is 0 Å². The van der Waals surface area contributed by atoms with Crippen LogP contribution in [0.1, 0.15) is 13.3 Å². The summed E-state index contributed by atoms with van der Waals surface area (Å²) in [5, 5.41) is 2.73. The summed E-state index contributed by atoms with van der Waals surface area (Å²) in [5.41, 5.74) is 5.17. The molecule has 11 heavy (non-hydrogen) atoms. The molecule has 64 valence electrons. The summed E-state index contributed by atoms with van der Waals surface area (Å²) in [6, 6.07) is -0.419. The SMILES string of the molecule is CCC(NC(N)=S)C(=O)OC. The number of esters is 1. The number of hydrogen-bond acceptors (Lipinski definition) is 3. The molecule has 0 aliphatic carbocycles. The first-order chi connectivity index (χ1) is 5.11. The quantitative estimate of drug-likeness (QED) is 0.459. The minimum Gasteiger partial charge on any atom is -0.467 e. The number of nitrogens with two attached hydrogens (primary N) is 1. The molecule has 0 saturated heterocycles. The molecule has 4 nitrogen and oxygen atoms in total. The zero-order chi connectivity index (χ0) is 8.85. The average Bonchev–Trinajstić information content (AvgIpc) is 1.98. The molecule has 0 fully saturated rings. The van der Waals surface area contributed by atoms with Gasteiger partial charge in [-0.15, -0.1) is 0 Å². The van der Waals surface area contributed by atoms with Crippen LogP contribution in [0.25, 0.3) is 0 Å². The normalized spacial score (nSPS) is 11.8.